The van der Waals surface area contributed by atoms with Crippen LogP contribution in [0.5, 0.6) is 0 Å². The average molecular weight is 339 g/mol. The minimum absolute atomic E-state index is 0.0388. The molecule has 0 aliphatic rings. The first-order valence-corrected chi connectivity index (χ1v) is 7.46. The van der Waals surface area contributed by atoms with Gasteiger partial charge in [0.05, 0.1) is 5.02 Å². The molecule has 5 nitrogen and oxygen atoms in total. The highest BCUT2D eigenvalue weighted by atomic mass is 35.5. The van der Waals surface area contributed by atoms with Crippen molar-refractivity contribution in [1.82, 2.24) is 9.97 Å². The molecule has 0 unspecified atom stereocenters. The molecule has 0 amide bonds. The minimum Gasteiger partial charge on any atom is -0.261 e. The molecular weight excluding hydrogens is 333 g/mol. The second kappa shape index (κ2) is 5.50. The lowest BCUT2D eigenvalue weighted by Crippen LogP contribution is -2.15. The molecule has 0 radical (unpaired) electrons. The van der Waals surface area contributed by atoms with E-state index in [0.29, 0.717) is 0 Å². The first-order chi connectivity index (χ1) is 8.90. The summed E-state index contributed by atoms with van der Waals surface area (Å²) in [5.74, 6) is -0.0831. The third-order valence-electron chi connectivity index (χ3n) is 2.07. The van der Waals surface area contributed by atoms with Crippen molar-refractivity contribution >= 4 is 50.6 Å². The molecule has 0 atom stereocenters. The van der Waals surface area contributed by atoms with Gasteiger partial charge in [0, 0.05) is 17.4 Å². The normalized spacial score (nSPS) is 11.3. The van der Waals surface area contributed by atoms with E-state index in [2.05, 4.69) is 14.7 Å². The van der Waals surface area contributed by atoms with Crippen molar-refractivity contribution in [2.24, 2.45) is 0 Å². The minimum atomic E-state index is -3.94. The molecule has 9 heteroatoms. The number of sulfonamides is 1. The lowest BCUT2D eigenvalue weighted by atomic mass is 10.4. The summed E-state index contributed by atoms with van der Waals surface area (Å²) in [6.45, 7) is 0. The third kappa shape index (κ3) is 3.27. The Labute approximate surface area is 124 Å². The highest BCUT2D eigenvalue weighted by molar-refractivity contribution is 7.92. The maximum atomic E-state index is 12.1. The summed E-state index contributed by atoms with van der Waals surface area (Å²) < 4.78 is 26.5. The summed E-state index contributed by atoms with van der Waals surface area (Å²) in [6.07, 6.45) is 2.65. The number of anilines is 1. The second-order valence-corrected chi connectivity index (χ2v) is 6.23. The van der Waals surface area contributed by atoms with Crippen LogP contribution >= 0.6 is 34.8 Å². The third-order valence-corrected chi connectivity index (χ3v) is 4.40. The standard InChI is InChI=1S/C10H6Cl3N3O2S/c11-6-1-2-7(12)8(5-6)19(17,18)16-10-9(13)14-3-4-15-10/h1-5H,(H,15,16). The molecule has 1 aromatic carbocycles. The largest absolute Gasteiger partial charge is 0.264 e. The summed E-state index contributed by atoms with van der Waals surface area (Å²) >= 11 is 17.3. The topological polar surface area (TPSA) is 72.0 Å². The number of nitrogens with zero attached hydrogens (tertiary/aromatic N) is 2. The monoisotopic (exact) mass is 337 g/mol. The SMILES string of the molecule is O=S(=O)(Nc1nccnc1Cl)c1cc(Cl)ccc1Cl. The molecule has 0 saturated carbocycles. The Hall–Kier alpha value is -1.08. The van der Waals surface area contributed by atoms with Crippen LogP contribution in [-0.4, -0.2) is 18.4 Å². The summed E-state index contributed by atoms with van der Waals surface area (Å²) in [4.78, 5) is 7.33. The molecule has 1 aromatic heterocycles. The molecule has 100 valence electrons. The van der Waals surface area contributed by atoms with E-state index in [-0.39, 0.29) is 25.9 Å². The van der Waals surface area contributed by atoms with Gasteiger partial charge in [0.2, 0.25) is 0 Å². The fraction of sp³-hybridized carbons (Fsp3) is 0. The molecule has 2 rings (SSSR count). The molecule has 0 fully saturated rings. The van der Waals surface area contributed by atoms with Crippen LogP contribution in [0.3, 0.4) is 0 Å². The summed E-state index contributed by atoms with van der Waals surface area (Å²) in [5, 5.41) is 0.219. The Bertz CT molecular complexity index is 722. The Balaban J connectivity index is 2.44. The lowest BCUT2D eigenvalue weighted by molar-refractivity contribution is 0.601. The Morgan fingerprint density at radius 1 is 1.05 bits per heavy atom. The molecule has 19 heavy (non-hydrogen) atoms. The Morgan fingerprint density at radius 3 is 2.42 bits per heavy atom. The zero-order valence-corrected chi connectivity index (χ0v) is 12.2. The van der Waals surface area contributed by atoms with Crippen molar-refractivity contribution in [3.05, 3.63) is 45.8 Å². The molecule has 1 heterocycles. The number of halogens is 3. The first kappa shape index (κ1) is 14.3. The number of benzene rings is 1. The van der Waals surface area contributed by atoms with E-state index < -0.39 is 10.0 Å². The van der Waals surface area contributed by atoms with Crippen LogP contribution in [0, 0.1) is 0 Å². The predicted octanol–water partition coefficient (Wildman–Crippen LogP) is 3.24. The van der Waals surface area contributed by atoms with Gasteiger partial charge in [-0.25, -0.2) is 18.4 Å². The second-order valence-electron chi connectivity index (χ2n) is 3.38. The van der Waals surface area contributed by atoms with E-state index in [4.69, 9.17) is 34.8 Å². The fourth-order valence-corrected chi connectivity index (χ4v) is 3.24. The summed E-state index contributed by atoms with van der Waals surface area (Å²) in [5.41, 5.74) is 0. The molecule has 0 aliphatic carbocycles. The first-order valence-electron chi connectivity index (χ1n) is 4.84. The number of aromatic nitrogens is 2. The smallest absolute Gasteiger partial charge is 0.261 e. The van der Waals surface area contributed by atoms with Crippen LogP contribution in [0.25, 0.3) is 0 Å². The van der Waals surface area contributed by atoms with Gasteiger partial charge in [0.15, 0.2) is 11.0 Å². The van der Waals surface area contributed by atoms with Gasteiger partial charge in [-0.3, -0.25) is 4.72 Å². The molecule has 0 spiro atoms. The summed E-state index contributed by atoms with van der Waals surface area (Å²) in [6, 6.07) is 4.10. The van der Waals surface area contributed by atoms with Crippen LogP contribution in [0.4, 0.5) is 5.82 Å². The molecule has 2 aromatic rings. The van der Waals surface area contributed by atoms with Gasteiger partial charge in [0.1, 0.15) is 4.90 Å². The van der Waals surface area contributed by atoms with Gasteiger partial charge >= 0.3 is 0 Å². The molecule has 0 aliphatic heterocycles. The number of hydrogen-bond acceptors (Lipinski definition) is 4. The van der Waals surface area contributed by atoms with Crippen molar-refractivity contribution in [3.63, 3.8) is 0 Å². The maximum absolute atomic E-state index is 12.1. The number of nitrogens with one attached hydrogen (secondary N) is 1. The predicted molar refractivity (Wildman–Crippen MR) is 74.3 cm³/mol. The van der Waals surface area contributed by atoms with E-state index in [1.165, 1.54) is 30.6 Å². The van der Waals surface area contributed by atoms with E-state index in [9.17, 15) is 8.42 Å². The number of rotatable bonds is 3. The number of hydrogen-bond donors (Lipinski definition) is 1. The highest BCUT2D eigenvalue weighted by Gasteiger charge is 2.20. The van der Waals surface area contributed by atoms with Crippen molar-refractivity contribution in [3.8, 4) is 0 Å². The van der Waals surface area contributed by atoms with Crippen molar-refractivity contribution in [2.75, 3.05) is 4.72 Å². The van der Waals surface area contributed by atoms with Crippen molar-refractivity contribution in [2.45, 2.75) is 4.90 Å². The maximum Gasteiger partial charge on any atom is 0.264 e. The quantitative estimate of drug-likeness (QED) is 0.932. The molecule has 0 saturated heterocycles. The van der Waals surface area contributed by atoms with E-state index in [0.717, 1.165) is 0 Å². The van der Waals surface area contributed by atoms with Crippen molar-refractivity contribution in [1.29, 1.82) is 0 Å². The zero-order chi connectivity index (χ0) is 14.0. The van der Waals surface area contributed by atoms with Crippen LogP contribution in [-0.2, 0) is 10.0 Å². The summed E-state index contributed by atoms with van der Waals surface area (Å²) in [7, 11) is -3.94. The zero-order valence-electron chi connectivity index (χ0n) is 9.14. The molecule has 0 bridgehead atoms. The van der Waals surface area contributed by atoms with Crippen LogP contribution in [0.2, 0.25) is 15.2 Å². The Morgan fingerprint density at radius 2 is 1.74 bits per heavy atom. The van der Waals surface area contributed by atoms with Crippen LogP contribution in [0.1, 0.15) is 0 Å². The van der Waals surface area contributed by atoms with Gasteiger partial charge in [-0.05, 0) is 18.2 Å². The van der Waals surface area contributed by atoms with E-state index in [1.807, 2.05) is 0 Å². The van der Waals surface area contributed by atoms with E-state index >= 15 is 0 Å². The average Bonchev–Trinajstić information content (AvgIpc) is 2.35. The fourth-order valence-electron chi connectivity index (χ4n) is 1.25. The van der Waals surface area contributed by atoms with Crippen LogP contribution < -0.4 is 4.72 Å². The van der Waals surface area contributed by atoms with E-state index in [1.54, 1.807) is 0 Å². The Kier molecular flexibility index (Phi) is 4.15. The van der Waals surface area contributed by atoms with Gasteiger partial charge < -0.3 is 0 Å². The highest BCUT2D eigenvalue weighted by Crippen LogP contribution is 2.27. The van der Waals surface area contributed by atoms with Crippen LogP contribution in [0.15, 0.2) is 35.5 Å². The molecule has 1 N–H and O–H groups in total. The lowest BCUT2D eigenvalue weighted by Gasteiger charge is -2.09. The van der Waals surface area contributed by atoms with Gasteiger partial charge in [-0.2, -0.15) is 0 Å². The van der Waals surface area contributed by atoms with Gasteiger partial charge in [-0.15, -0.1) is 0 Å². The van der Waals surface area contributed by atoms with Crippen molar-refractivity contribution < 1.29 is 8.42 Å². The van der Waals surface area contributed by atoms with Gasteiger partial charge in [0.25, 0.3) is 10.0 Å². The molecular formula is C10H6Cl3N3O2S. The van der Waals surface area contributed by atoms with Gasteiger partial charge in [-0.1, -0.05) is 34.8 Å².